The third-order valence-electron chi connectivity index (χ3n) is 3.25. The summed E-state index contributed by atoms with van der Waals surface area (Å²) < 4.78 is 31.7. The molecular weight excluding hydrogens is 308 g/mol. The number of benzene rings is 1. The first-order valence-corrected chi connectivity index (χ1v) is 6.44. The first kappa shape index (κ1) is 15.7. The van der Waals surface area contributed by atoms with Crippen LogP contribution in [-0.4, -0.2) is 47.7 Å². The molecule has 2 unspecified atom stereocenters. The average Bonchev–Trinajstić information content (AvgIpc) is 2.83. The molecule has 1 saturated heterocycles. The highest BCUT2D eigenvalue weighted by atomic mass is 35.5. The predicted octanol–water partition coefficient (Wildman–Crippen LogP) is 1.37. The van der Waals surface area contributed by atoms with E-state index < -0.39 is 46.2 Å². The molecule has 1 aliphatic rings. The summed E-state index contributed by atoms with van der Waals surface area (Å²) in [5.74, 6) is -3.59. The standard InChI is InChI=1S/C13H12ClF2NO4/c1-21-13(20)11-2-6(18)5-17(11)12(19)7-3-10(16)8(14)4-9(7)15/h3-4,6,11,18H,2,5H2,1H3. The van der Waals surface area contributed by atoms with Crippen LogP contribution < -0.4 is 0 Å². The fraction of sp³-hybridized carbons (Fsp3) is 0.385. The number of likely N-dealkylation sites (tertiary alicyclic amines) is 1. The molecule has 0 aromatic heterocycles. The van der Waals surface area contributed by atoms with E-state index >= 15 is 0 Å². The topological polar surface area (TPSA) is 66.8 Å². The molecule has 0 spiro atoms. The number of rotatable bonds is 2. The molecular formula is C13H12ClF2NO4. The molecule has 0 radical (unpaired) electrons. The summed E-state index contributed by atoms with van der Waals surface area (Å²) in [5.41, 5.74) is -0.556. The molecule has 1 heterocycles. The van der Waals surface area contributed by atoms with Crippen molar-refractivity contribution in [1.29, 1.82) is 0 Å². The summed E-state index contributed by atoms with van der Waals surface area (Å²) in [7, 11) is 1.14. The molecule has 2 atom stereocenters. The van der Waals surface area contributed by atoms with Gasteiger partial charge in [-0.3, -0.25) is 4.79 Å². The van der Waals surface area contributed by atoms with E-state index in [0.29, 0.717) is 12.1 Å². The Hall–Kier alpha value is -1.73. The zero-order valence-electron chi connectivity index (χ0n) is 11.0. The Bertz CT molecular complexity index is 596. The van der Waals surface area contributed by atoms with Crippen LogP contribution in [0.5, 0.6) is 0 Å². The van der Waals surface area contributed by atoms with Crippen LogP contribution in [0, 0.1) is 11.6 Å². The van der Waals surface area contributed by atoms with E-state index in [4.69, 9.17) is 11.6 Å². The number of hydrogen-bond acceptors (Lipinski definition) is 4. The number of carbonyl (C=O) groups excluding carboxylic acids is 2. The quantitative estimate of drug-likeness (QED) is 0.660. The van der Waals surface area contributed by atoms with Crippen LogP contribution >= 0.6 is 11.6 Å². The molecule has 1 aromatic rings. The monoisotopic (exact) mass is 319 g/mol. The van der Waals surface area contributed by atoms with E-state index in [0.717, 1.165) is 12.0 Å². The number of methoxy groups -OCH3 is 1. The number of carbonyl (C=O) groups is 2. The highest BCUT2D eigenvalue weighted by Crippen LogP contribution is 2.25. The molecule has 8 heteroatoms. The summed E-state index contributed by atoms with van der Waals surface area (Å²) >= 11 is 5.42. The molecule has 1 aliphatic heterocycles. The molecule has 1 fully saturated rings. The largest absolute Gasteiger partial charge is 0.467 e. The number of aliphatic hydroxyl groups excluding tert-OH is 1. The summed E-state index contributed by atoms with van der Waals surface area (Å²) in [6.45, 7) is -0.164. The van der Waals surface area contributed by atoms with Gasteiger partial charge < -0.3 is 14.7 Å². The summed E-state index contributed by atoms with van der Waals surface area (Å²) in [4.78, 5) is 24.8. The van der Waals surface area contributed by atoms with Gasteiger partial charge in [0, 0.05) is 13.0 Å². The number of nitrogens with zero attached hydrogens (tertiary/aromatic N) is 1. The van der Waals surface area contributed by atoms with Gasteiger partial charge in [-0.1, -0.05) is 11.6 Å². The molecule has 21 heavy (non-hydrogen) atoms. The van der Waals surface area contributed by atoms with Crippen molar-refractivity contribution in [3.05, 3.63) is 34.4 Å². The van der Waals surface area contributed by atoms with Crippen molar-refractivity contribution in [2.75, 3.05) is 13.7 Å². The van der Waals surface area contributed by atoms with Crippen molar-refractivity contribution in [2.45, 2.75) is 18.6 Å². The lowest BCUT2D eigenvalue weighted by atomic mass is 10.1. The van der Waals surface area contributed by atoms with E-state index in [1.807, 2.05) is 0 Å². The van der Waals surface area contributed by atoms with Gasteiger partial charge in [-0.05, 0) is 12.1 Å². The number of amides is 1. The van der Waals surface area contributed by atoms with Gasteiger partial charge in [-0.25, -0.2) is 13.6 Å². The van der Waals surface area contributed by atoms with Crippen molar-refractivity contribution in [1.82, 2.24) is 4.90 Å². The van der Waals surface area contributed by atoms with Crippen LogP contribution in [0.4, 0.5) is 8.78 Å². The maximum absolute atomic E-state index is 13.8. The third-order valence-corrected chi connectivity index (χ3v) is 3.54. The van der Waals surface area contributed by atoms with Crippen molar-refractivity contribution in [2.24, 2.45) is 0 Å². The van der Waals surface area contributed by atoms with Crippen molar-refractivity contribution < 1.29 is 28.2 Å². The maximum Gasteiger partial charge on any atom is 0.328 e. The third kappa shape index (κ3) is 2.98. The Kier molecular flexibility index (Phi) is 4.43. The lowest BCUT2D eigenvalue weighted by Gasteiger charge is -2.22. The van der Waals surface area contributed by atoms with Gasteiger partial charge >= 0.3 is 5.97 Å². The lowest BCUT2D eigenvalue weighted by molar-refractivity contribution is -0.145. The first-order valence-electron chi connectivity index (χ1n) is 6.06. The second kappa shape index (κ2) is 5.95. The minimum absolute atomic E-state index is 0.0178. The molecule has 114 valence electrons. The highest BCUT2D eigenvalue weighted by Gasteiger charge is 2.40. The van der Waals surface area contributed by atoms with Crippen LogP contribution in [-0.2, 0) is 9.53 Å². The zero-order valence-corrected chi connectivity index (χ0v) is 11.7. The van der Waals surface area contributed by atoms with Gasteiger partial charge in [0.25, 0.3) is 5.91 Å². The van der Waals surface area contributed by atoms with Gasteiger partial charge in [0.15, 0.2) is 0 Å². The van der Waals surface area contributed by atoms with Crippen LogP contribution in [0.3, 0.4) is 0 Å². The second-order valence-electron chi connectivity index (χ2n) is 4.63. The molecule has 2 rings (SSSR count). The number of halogens is 3. The second-order valence-corrected chi connectivity index (χ2v) is 5.04. The van der Waals surface area contributed by atoms with Gasteiger partial charge in [0.05, 0.1) is 23.8 Å². The average molecular weight is 320 g/mol. The maximum atomic E-state index is 13.8. The Balaban J connectivity index is 2.34. The first-order chi connectivity index (χ1) is 9.85. The fourth-order valence-electron chi connectivity index (χ4n) is 2.24. The van der Waals surface area contributed by atoms with Gasteiger partial charge in [0.2, 0.25) is 0 Å². The van der Waals surface area contributed by atoms with Crippen LogP contribution in [0.25, 0.3) is 0 Å². The zero-order chi connectivity index (χ0) is 15.7. The summed E-state index contributed by atoms with van der Waals surface area (Å²) in [6, 6.07) is 0.318. The molecule has 1 N–H and O–H groups in total. The molecule has 5 nitrogen and oxygen atoms in total. The number of β-amino-alcohol motifs (C(OH)–C–C–N with tert-alkyl or cyclic N) is 1. The molecule has 0 aliphatic carbocycles. The van der Waals surface area contributed by atoms with Gasteiger partial charge in [-0.2, -0.15) is 0 Å². The number of ether oxygens (including phenoxy) is 1. The van der Waals surface area contributed by atoms with E-state index in [2.05, 4.69) is 4.74 Å². The Morgan fingerprint density at radius 2 is 2.05 bits per heavy atom. The van der Waals surface area contributed by atoms with Crippen molar-refractivity contribution >= 4 is 23.5 Å². The summed E-state index contributed by atoms with van der Waals surface area (Å²) in [5, 5.41) is 9.14. The Morgan fingerprint density at radius 1 is 1.38 bits per heavy atom. The minimum Gasteiger partial charge on any atom is -0.467 e. The van der Waals surface area contributed by atoms with E-state index in [9.17, 15) is 23.5 Å². The number of hydrogen-bond donors (Lipinski definition) is 1. The van der Waals surface area contributed by atoms with Crippen LogP contribution in [0.2, 0.25) is 5.02 Å². The number of esters is 1. The molecule has 1 amide bonds. The molecule has 1 aromatic carbocycles. The predicted molar refractivity (Wildman–Crippen MR) is 68.8 cm³/mol. The van der Waals surface area contributed by atoms with E-state index in [-0.39, 0.29) is 13.0 Å². The SMILES string of the molecule is COC(=O)C1CC(O)CN1C(=O)c1cc(F)c(Cl)cc1F. The van der Waals surface area contributed by atoms with Gasteiger partial charge in [-0.15, -0.1) is 0 Å². The minimum atomic E-state index is -1.03. The molecule has 0 saturated carbocycles. The van der Waals surface area contributed by atoms with Crippen molar-refractivity contribution in [3.8, 4) is 0 Å². The molecule has 0 bridgehead atoms. The Morgan fingerprint density at radius 3 is 2.67 bits per heavy atom. The van der Waals surface area contributed by atoms with Crippen LogP contribution in [0.1, 0.15) is 16.8 Å². The lowest BCUT2D eigenvalue weighted by Crippen LogP contribution is -2.41. The Labute approximate surface area is 124 Å². The summed E-state index contributed by atoms with van der Waals surface area (Å²) in [6.07, 6.45) is -0.950. The van der Waals surface area contributed by atoms with Crippen molar-refractivity contribution in [3.63, 3.8) is 0 Å². The smallest absolute Gasteiger partial charge is 0.328 e. The fourth-order valence-corrected chi connectivity index (χ4v) is 2.39. The highest BCUT2D eigenvalue weighted by molar-refractivity contribution is 6.30. The number of aliphatic hydroxyl groups is 1. The van der Waals surface area contributed by atoms with Gasteiger partial charge in [0.1, 0.15) is 17.7 Å². The van der Waals surface area contributed by atoms with Crippen LogP contribution in [0.15, 0.2) is 12.1 Å². The normalized spacial score (nSPS) is 21.5. The van der Waals surface area contributed by atoms with E-state index in [1.54, 1.807) is 0 Å². The van der Waals surface area contributed by atoms with E-state index in [1.165, 1.54) is 0 Å².